The Balaban J connectivity index is 1.08. The third-order valence-corrected chi connectivity index (χ3v) is 8.93. The topological polar surface area (TPSA) is 84.8 Å². The molecule has 5 aromatic rings. The summed E-state index contributed by atoms with van der Waals surface area (Å²) in [7, 11) is 0. The molecule has 3 aliphatic rings. The fraction of sp³-hybridized carbons (Fsp3) is 0.355. The molecule has 1 aromatic carbocycles. The molecule has 2 fully saturated rings. The van der Waals surface area contributed by atoms with E-state index in [1.165, 1.54) is 36.0 Å². The molecule has 3 atom stereocenters. The van der Waals surface area contributed by atoms with E-state index < -0.39 is 0 Å². The van der Waals surface area contributed by atoms with Crippen molar-refractivity contribution in [1.29, 1.82) is 0 Å². The van der Waals surface area contributed by atoms with Crippen LogP contribution in [-0.4, -0.2) is 66.2 Å². The highest BCUT2D eigenvalue weighted by atomic mass is 16.5. The van der Waals surface area contributed by atoms with Crippen molar-refractivity contribution < 1.29 is 4.74 Å². The monoisotopic (exact) mass is 517 g/mol. The van der Waals surface area contributed by atoms with Gasteiger partial charge in [0.15, 0.2) is 11.5 Å². The Labute approximate surface area is 227 Å². The number of rotatable bonds is 4. The van der Waals surface area contributed by atoms with Crippen molar-refractivity contribution >= 4 is 11.0 Å². The molecule has 196 valence electrons. The van der Waals surface area contributed by atoms with Gasteiger partial charge in [-0.05, 0) is 73.4 Å². The van der Waals surface area contributed by atoms with Crippen LogP contribution in [0.2, 0.25) is 0 Å². The molecule has 1 aliphatic carbocycles. The molecular formula is C31H31N7O. The predicted molar refractivity (Wildman–Crippen MR) is 150 cm³/mol. The van der Waals surface area contributed by atoms with Crippen molar-refractivity contribution in [2.75, 3.05) is 13.2 Å². The number of nitrogens with one attached hydrogen (secondary N) is 1. The van der Waals surface area contributed by atoms with Crippen LogP contribution in [0.25, 0.3) is 39.2 Å². The van der Waals surface area contributed by atoms with E-state index in [4.69, 9.17) is 9.72 Å². The maximum atomic E-state index is 5.74. The number of aromatic amines is 1. The minimum atomic E-state index is 0.646. The van der Waals surface area contributed by atoms with Crippen LogP contribution < -0.4 is 0 Å². The standard InChI is InChI=1S/C31H31N7O/c1-19-3-2-10-32-31(19)37-16-24(15-34-37)29-28-12-23(14-33-30(28)36-35-29)22-5-4-20-6-8-25(9-7-21(20)11-22)38-26-13-27(38)18-39-17-26/h2-5,10-12,14-16,25-27H,6-9,13,17-18H2,1H3,(H,33,35,36)/t25-,26?,27?/m0/s1. The first kappa shape index (κ1) is 23.0. The molecule has 0 amide bonds. The van der Waals surface area contributed by atoms with Gasteiger partial charge in [-0.25, -0.2) is 14.6 Å². The van der Waals surface area contributed by atoms with Crippen LogP contribution in [0, 0.1) is 6.92 Å². The number of morpholine rings is 1. The van der Waals surface area contributed by atoms with Crippen LogP contribution in [0.3, 0.4) is 0 Å². The zero-order valence-corrected chi connectivity index (χ0v) is 22.0. The number of pyridine rings is 2. The second-order valence-electron chi connectivity index (χ2n) is 11.3. The quantitative estimate of drug-likeness (QED) is 0.341. The first-order valence-electron chi connectivity index (χ1n) is 14.0. The summed E-state index contributed by atoms with van der Waals surface area (Å²) in [5.74, 6) is 0.820. The number of hydrogen-bond acceptors (Lipinski definition) is 6. The highest BCUT2D eigenvalue weighted by Gasteiger charge is 2.45. The Kier molecular flexibility index (Phi) is 5.38. The van der Waals surface area contributed by atoms with Gasteiger partial charge in [0.25, 0.3) is 0 Å². The van der Waals surface area contributed by atoms with Gasteiger partial charge in [0.05, 0.1) is 19.4 Å². The van der Waals surface area contributed by atoms with Crippen molar-refractivity contribution in [3.8, 4) is 28.2 Å². The Hall–Kier alpha value is -3.88. The summed E-state index contributed by atoms with van der Waals surface area (Å²) in [5.41, 5.74) is 8.92. The first-order chi connectivity index (χ1) is 19.2. The van der Waals surface area contributed by atoms with Gasteiger partial charge in [0.2, 0.25) is 0 Å². The lowest BCUT2D eigenvalue weighted by molar-refractivity contribution is -0.148. The van der Waals surface area contributed by atoms with E-state index in [9.17, 15) is 0 Å². The summed E-state index contributed by atoms with van der Waals surface area (Å²) < 4.78 is 7.54. The van der Waals surface area contributed by atoms with Gasteiger partial charge in [-0.2, -0.15) is 10.2 Å². The number of ether oxygens (including phenoxy) is 1. The Bertz CT molecular complexity index is 1670. The number of benzene rings is 1. The SMILES string of the molecule is Cc1cccnc1-n1cc(-c2n[nH]c3ncc(-c4ccc5c(c4)CC[C@@H](N4C6COCC4C6)CC5)cc23)cn1. The molecule has 2 unspecified atom stereocenters. The predicted octanol–water partition coefficient (Wildman–Crippen LogP) is 4.90. The number of aryl methyl sites for hydroxylation is 3. The van der Waals surface area contributed by atoms with Crippen molar-refractivity contribution in [2.45, 2.75) is 57.2 Å². The second-order valence-corrected chi connectivity index (χ2v) is 11.3. The van der Waals surface area contributed by atoms with E-state index in [1.807, 2.05) is 42.3 Å². The van der Waals surface area contributed by atoms with Crippen molar-refractivity contribution in [3.63, 3.8) is 0 Å². The number of H-pyrrole nitrogens is 1. The van der Waals surface area contributed by atoms with Gasteiger partial charge in [0.1, 0.15) is 5.69 Å². The molecule has 6 heterocycles. The van der Waals surface area contributed by atoms with Gasteiger partial charge in [0, 0.05) is 53.2 Å². The molecule has 39 heavy (non-hydrogen) atoms. The van der Waals surface area contributed by atoms with E-state index in [0.29, 0.717) is 18.1 Å². The highest BCUT2D eigenvalue weighted by molar-refractivity contribution is 5.93. The van der Waals surface area contributed by atoms with Crippen molar-refractivity contribution in [2.24, 2.45) is 0 Å². The fourth-order valence-corrected chi connectivity index (χ4v) is 6.89. The van der Waals surface area contributed by atoms with Crippen LogP contribution in [0.15, 0.2) is 61.2 Å². The molecule has 4 aromatic heterocycles. The van der Waals surface area contributed by atoms with Crippen LogP contribution >= 0.6 is 0 Å². The number of fused-ring (bicyclic) bond motifs is 4. The lowest BCUT2D eigenvalue weighted by Crippen LogP contribution is -2.66. The zero-order valence-electron chi connectivity index (χ0n) is 22.0. The summed E-state index contributed by atoms with van der Waals surface area (Å²) in [6, 6.07) is 15.1. The molecule has 8 nitrogen and oxygen atoms in total. The lowest BCUT2D eigenvalue weighted by Gasteiger charge is -2.56. The third-order valence-electron chi connectivity index (χ3n) is 8.93. The molecule has 2 aliphatic heterocycles. The van der Waals surface area contributed by atoms with Crippen LogP contribution in [0.4, 0.5) is 0 Å². The number of hydrogen-bond donors (Lipinski definition) is 1. The maximum Gasteiger partial charge on any atom is 0.156 e. The number of nitrogens with zero attached hydrogens (tertiary/aromatic N) is 6. The molecule has 0 radical (unpaired) electrons. The molecule has 0 spiro atoms. The van der Waals surface area contributed by atoms with Crippen molar-refractivity contribution in [3.05, 3.63) is 77.9 Å². The van der Waals surface area contributed by atoms with Crippen LogP contribution in [0.1, 0.15) is 36.0 Å². The smallest absolute Gasteiger partial charge is 0.156 e. The summed E-state index contributed by atoms with van der Waals surface area (Å²) in [4.78, 5) is 12.0. The lowest BCUT2D eigenvalue weighted by atomic mass is 9.87. The van der Waals surface area contributed by atoms with E-state index in [-0.39, 0.29) is 0 Å². The Morgan fingerprint density at radius 2 is 1.77 bits per heavy atom. The second kappa shape index (κ2) is 9.10. The average molecular weight is 518 g/mol. The normalized spacial score (nSPS) is 22.8. The van der Waals surface area contributed by atoms with E-state index in [2.05, 4.69) is 49.4 Å². The zero-order chi connectivity index (χ0) is 25.9. The minimum Gasteiger partial charge on any atom is -0.378 e. The van der Waals surface area contributed by atoms with Gasteiger partial charge < -0.3 is 4.74 Å². The summed E-state index contributed by atoms with van der Waals surface area (Å²) in [5, 5.41) is 13.3. The van der Waals surface area contributed by atoms with E-state index in [1.54, 1.807) is 6.20 Å². The van der Waals surface area contributed by atoms with E-state index in [0.717, 1.165) is 65.3 Å². The van der Waals surface area contributed by atoms with Crippen LogP contribution in [-0.2, 0) is 17.6 Å². The largest absolute Gasteiger partial charge is 0.378 e. The Morgan fingerprint density at radius 1 is 0.897 bits per heavy atom. The van der Waals surface area contributed by atoms with Gasteiger partial charge in [-0.15, -0.1) is 0 Å². The highest BCUT2D eigenvalue weighted by Crippen LogP contribution is 2.38. The fourth-order valence-electron chi connectivity index (χ4n) is 6.89. The molecule has 2 bridgehead atoms. The van der Waals surface area contributed by atoms with Gasteiger partial charge in [-0.1, -0.05) is 24.3 Å². The first-order valence-corrected chi connectivity index (χ1v) is 14.0. The summed E-state index contributed by atoms with van der Waals surface area (Å²) in [6.45, 7) is 3.87. The molecule has 2 saturated heterocycles. The molecular weight excluding hydrogens is 486 g/mol. The van der Waals surface area contributed by atoms with E-state index >= 15 is 0 Å². The van der Waals surface area contributed by atoms with Crippen molar-refractivity contribution in [1.82, 2.24) is 34.8 Å². The summed E-state index contributed by atoms with van der Waals surface area (Å²) >= 11 is 0. The van der Waals surface area contributed by atoms with Gasteiger partial charge in [-0.3, -0.25) is 10.00 Å². The maximum absolute atomic E-state index is 5.74. The molecule has 0 saturated carbocycles. The third kappa shape index (κ3) is 3.89. The minimum absolute atomic E-state index is 0.646. The average Bonchev–Trinajstić information content (AvgIpc) is 3.57. The molecule has 8 heteroatoms. The Morgan fingerprint density at radius 3 is 2.62 bits per heavy atom. The molecule has 8 rings (SSSR count). The van der Waals surface area contributed by atoms with Gasteiger partial charge >= 0.3 is 0 Å². The number of aromatic nitrogens is 6. The van der Waals surface area contributed by atoms with Crippen LogP contribution in [0.5, 0.6) is 0 Å². The summed E-state index contributed by atoms with van der Waals surface area (Å²) in [6.07, 6.45) is 13.6. The molecule has 1 N–H and O–H groups in total.